The van der Waals surface area contributed by atoms with Crippen molar-refractivity contribution in [2.75, 3.05) is 0 Å². The lowest BCUT2D eigenvalue weighted by Gasteiger charge is -2.22. The van der Waals surface area contributed by atoms with E-state index in [0.29, 0.717) is 0 Å². The van der Waals surface area contributed by atoms with Gasteiger partial charge in [0.2, 0.25) is 0 Å². The van der Waals surface area contributed by atoms with E-state index >= 15 is 0 Å². The van der Waals surface area contributed by atoms with Crippen LogP contribution in [0.5, 0.6) is 0 Å². The minimum Gasteiger partial charge on any atom is -0.295 e. The summed E-state index contributed by atoms with van der Waals surface area (Å²) in [6.45, 7) is 3.78. The normalized spacial score (nSPS) is 38.3. The highest BCUT2D eigenvalue weighted by molar-refractivity contribution is 5.87. The van der Waals surface area contributed by atoms with Crippen LogP contribution in [0.2, 0.25) is 0 Å². The second kappa shape index (κ2) is 3.28. The Morgan fingerprint density at radius 1 is 1.23 bits per heavy atom. The van der Waals surface area contributed by atoms with E-state index < -0.39 is 0 Å². The topological polar surface area (TPSA) is 17.1 Å². The summed E-state index contributed by atoms with van der Waals surface area (Å²) in [5.74, 6) is 2.83. The van der Waals surface area contributed by atoms with E-state index in [0.717, 1.165) is 17.8 Å². The SMILES string of the molecule is CC(=O)/C=C(/C)C1CC2CCC1C2. The summed E-state index contributed by atoms with van der Waals surface area (Å²) in [4.78, 5) is 10.9. The summed E-state index contributed by atoms with van der Waals surface area (Å²) in [5, 5.41) is 0. The van der Waals surface area contributed by atoms with Crippen molar-refractivity contribution in [2.45, 2.75) is 39.5 Å². The molecule has 2 rings (SSSR count). The van der Waals surface area contributed by atoms with Crippen molar-refractivity contribution < 1.29 is 4.79 Å². The first-order valence-electron chi connectivity index (χ1n) is 5.35. The van der Waals surface area contributed by atoms with Gasteiger partial charge in [-0.15, -0.1) is 0 Å². The Morgan fingerprint density at radius 3 is 2.46 bits per heavy atom. The monoisotopic (exact) mass is 178 g/mol. The molecule has 1 nitrogen and oxygen atoms in total. The maximum atomic E-state index is 10.9. The van der Waals surface area contributed by atoms with E-state index in [1.165, 1.54) is 31.3 Å². The second-order valence-electron chi connectivity index (χ2n) is 4.78. The number of carbonyl (C=O) groups is 1. The second-order valence-corrected chi connectivity index (χ2v) is 4.78. The molecule has 0 aromatic heterocycles. The standard InChI is InChI=1S/C12H18O/c1-8(5-9(2)13)12-7-10-3-4-11(12)6-10/h5,10-12H,3-4,6-7H2,1-2H3/b8-5-. The third kappa shape index (κ3) is 1.70. The Kier molecular flexibility index (Phi) is 2.27. The Bertz CT molecular complexity index is 252. The molecular weight excluding hydrogens is 160 g/mol. The van der Waals surface area contributed by atoms with E-state index in [1.807, 2.05) is 6.08 Å². The van der Waals surface area contributed by atoms with Gasteiger partial charge in [-0.25, -0.2) is 0 Å². The smallest absolute Gasteiger partial charge is 0.152 e. The fourth-order valence-corrected chi connectivity index (χ4v) is 3.23. The van der Waals surface area contributed by atoms with Crippen LogP contribution in [0.3, 0.4) is 0 Å². The molecule has 0 radical (unpaired) electrons. The molecule has 0 saturated heterocycles. The molecule has 3 unspecified atom stereocenters. The minimum atomic E-state index is 0.209. The van der Waals surface area contributed by atoms with Gasteiger partial charge in [0.1, 0.15) is 0 Å². The largest absolute Gasteiger partial charge is 0.295 e. The quantitative estimate of drug-likeness (QED) is 0.594. The number of fused-ring (bicyclic) bond motifs is 2. The van der Waals surface area contributed by atoms with E-state index in [1.54, 1.807) is 6.92 Å². The molecule has 0 spiro atoms. The minimum absolute atomic E-state index is 0.209. The Balaban J connectivity index is 2.06. The average molecular weight is 178 g/mol. The summed E-state index contributed by atoms with van der Waals surface area (Å²) in [6, 6.07) is 0. The fourth-order valence-electron chi connectivity index (χ4n) is 3.23. The molecule has 0 N–H and O–H groups in total. The molecule has 2 bridgehead atoms. The number of carbonyl (C=O) groups excluding carboxylic acids is 1. The van der Waals surface area contributed by atoms with Gasteiger partial charge in [0.25, 0.3) is 0 Å². The summed E-state index contributed by atoms with van der Waals surface area (Å²) in [7, 11) is 0. The first-order valence-corrected chi connectivity index (χ1v) is 5.35. The predicted molar refractivity (Wildman–Crippen MR) is 53.4 cm³/mol. The molecule has 2 saturated carbocycles. The van der Waals surface area contributed by atoms with Crippen LogP contribution < -0.4 is 0 Å². The Labute approximate surface area is 80.2 Å². The molecule has 0 aliphatic heterocycles. The van der Waals surface area contributed by atoms with Crippen LogP contribution in [0.25, 0.3) is 0 Å². The van der Waals surface area contributed by atoms with Gasteiger partial charge in [-0.1, -0.05) is 12.0 Å². The average Bonchev–Trinajstić information content (AvgIpc) is 2.62. The highest BCUT2D eigenvalue weighted by atomic mass is 16.1. The zero-order valence-corrected chi connectivity index (χ0v) is 8.55. The van der Waals surface area contributed by atoms with Crippen LogP contribution in [0.1, 0.15) is 39.5 Å². The molecule has 2 aliphatic carbocycles. The zero-order valence-electron chi connectivity index (χ0n) is 8.55. The number of rotatable bonds is 2. The summed E-state index contributed by atoms with van der Waals surface area (Å²) >= 11 is 0. The van der Waals surface area contributed by atoms with Crippen LogP contribution in [-0.2, 0) is 4.79 Å². The van der Waals surface area contributed by atoms with Crippen molar-refractivity contribution >= 4 is 5.78 Å². The summed E-state index contributed by atoms with van der Waals surface area (Å²) in [5.41, 5.74) is 1.33. The molecule has 0 aromatic carbocycles. The van der Waals surface area contributed by atoms with Gasteiger partial charge in [-0.2, -0.15) is 0 Å². The molecule has 0 amide bonds. The van der Waals surface area contributed by atoms with E-state index in [-0.39, 0.29) is 5.78 Å². The molecule has 2 aliphatic rings. The van der Waals surface area contributed by atoms with Gasteiger partial charge in [0.15, 0.2) is 5.78 Å². The van der Waals surface area contributed by atoms with Crippen molar-refractivity contribution in [1.82, 2.24) is 0 Å². The Hall–Kier alpha value is -0.590. The third-order valence-electron chi connectivity index (χ3n) is 3.75. The van der Waals surface area contributed by atoms with Crippen molar-refractivity contribution in [3.8, 4) is 0 Å². The highest BCUT2D eigenvalue weighted by Crippen LogP contribution is 2.50. The van der Waals surface area contributed by atoms with Gasteiger partial charge >= 0.3 is 0 Å². The molecule has 0 aromatic rings. The van der Waals surface area contributed by atoms with E-state index in [9.17, 15) is 4.79 Å². The number of allylic oxidation sites excluding steroid dienone is 2. The first kappa shape index (κ1) is 8.98. The molecule has 2 fully saturated rings. The van der Waals surface area contributed by atoms with Crippen LogP contribution >= 0.6 is 0 Å². The number of ketones is 1. The van der Waals surface area contributed by atoms with E-state index in [4.69, 9.17) is 0 Å². The van der Waals surface area contributed by atoms with Crippen molar-refractivity contribution in [3.05, 3.63) is 11.6 Å². The summed E-state index contributed by atoms with van der Waals surface area (Å²) < 4.78 is 0. The van der Waals surface area contributed by atoms with Crippen LogP contribution in [0.4, 0.5) is 0 Å². The lowest BCUT2D eigenvalue weighted by Crippen LogP contribution is -2.12. The third-order valence-corrected chi connectivity index (χ3v) is 3.75. The van der Waals surface area contributed by atoms with Gasteiger partial charge in [-0.05, 0) is 56.9 Å². The van der Waals surface area contributed by atoms with Crippen LogP contribution in [-0.4, -0.2) is 5.78 Å². The highest BCUT2D eigenvalue weighted by Gasteiger charge is 2.39. The summed E-state index contributed by atoms with van der Waals surface area (Å²) in [6.07, 6.45) is 7.45. The van der Waals surface area contributed by atoms with Gasteiger partial charge < -0.3 is 0 Å². The van der Waals surface area contributed by atoms with Gasteiger partial charge in [-0.3, -0.25) is 4.79 Å². The maximum Gasteiger partial charge on any atom is 0.152 e. The zero-order chi connectivity index (χ0) is 9.42. The lowest BCUT2D eigenvalue weighted by molar-refractivity contribution is -0.112. The maximum absolute atomic E-state index is 10.9. The van der Waals surface area contributed by atoms with Crippen LogP contribution in [0, 0.1) is 17.8 Å². The predicted octanol–water partition coefficient (Wildman–Crippen LogP) is 2.96. The molecule has 72 valence electrons. The molecular formula is C12H18O. The fraction of sp³-hybridized carbons (Fsp3) is 0.750. The molecule has 13 heavy (non-hydrogen) atoms. The van der Waals surface area contributed by atoms with Gasteiger partial charge in [0.05, 0.1) is 0 Å². The van der Waals surface area contributed by atoms with Gasteiger partial charge in [0, 0.05) is 0 Å². The first-order chi connectivity index (χ1) is 6.16. The van der Waals surface area contributed by atoms with Crippen molar-refractivity contribution in [3.63, 3.8) is 0 Å². The number of hydrogen-bond acceptors (Lipinski definition) is 1. The van der Waals surface area contributed by atoms with Crippen LogP contribution in [0.15, 0.2) is 11.6 Å². The number of hydrogen-bond donors (Lipinski definition) is 0. The van der Waals surface area contributed by atoms with E-state index in [2.05, 4.69) is 6.92 Å². The van der Waals surface area contributed by atoms with Crippen molar-refractivity contribution in [1.29, 1.82) is 0 Å². The Morgan fingerprint density at radius 2 is 2.00 bits per heavy atom. The molecule has 0 heterocycles. The van der Waals surface area contributed by atoms with Crippen molar-refractivity contribution in [2.24, 2.45) is 17.8 Å². The lowest BCUT2D eigenvalue weighted by atomic mass is 9.83. The molecule has 1 heteroatoms. The molecule has 3 atom stereocenters.